The topological polar surface area (TPSA) is 70.2 Å². The standard InChI is InChI=1S/C13H16BrN3O2/c1-8-2-3-10(6-11(8)14)17-13(19)15-7-12(18)16-9-4-5-9/h2-3,6,9H,4-5,7H2,1H3,(H,16,18)(H2,15,17,19). The van der Waals surface area contributed by atoms with Crippen LogP contribution in [-0.2, 0) is 4.79 Å². The van der Waals surface area contributed by atoms with Crippen molar-refractivity contribution in [2.75, 3.05) is 11.9 Å². The van der Waals surface area contributed by atoms with E-state index in [9.17, 15) is 9.59 Å². The van der Waals surface area contributed by atoms with Crippen molar-refractivity contribution in [2.45, 2.75) is 25.8 Å². The third-order valence-corrected chi connectivity index (χ3v) is 3.64. The molecule has 19 heavy (non-hydrogen) atoms. The smallest absolute Gasteiger partial charge is 0.319 e. The summed E-state index contributed by atoms with van der Waals surface area (Å²) in [5.41, 5.74) is 1.77. The molecule has 1 aliphatic rings. The number of anilines is 1. The molecule has 0 aromatic heterocycles. The quantitative estimate of drug-likeness (QED) is 0.793. The highest BCUT2D eigenvalue weighted by Gasteiger charge is 2.23. The molecule has 1 saturated carbocycles. The first-order valence-corrected chi connectivity index (χ1v) is 6.94. The molecule has 0 aliphatic heterocycles. The second kappa shape index (κ2) is 6.06. The van der Waals surface area contributed by atoms with E-state index in [4.69, 9.17) is 0 Å². The molecule has 0 spiro atoms. The molecule has 102 valence electrons. The van der Waals surface area contributed by atoms with Gasteiger partial charge in [-0.25, -0.2) is 4.79 Å². The highest BCUT2D eigenvalue weighted by Crippen LogP contribution is 2.20. The van der Waals surface area contributed by atoms with Crippen molar-refractivity contribution in [3.8, 4) is 0 Å². The van der Waals surface area contributed by atoms with E-state index in [1.54, 1.807) is 0 Å². The number of carbonyl (C=O) groups is 2. The third-order valence-electron chi connectivity index (χ3n) is 2.78. The summed E-state index contributed by atoms with van der Waals surface area (Å²) in [4.78, 5) is 23.0. The van der Waals surface area contributed by atoms with E-state index in [1.165, 1.54) is 0 Å². The van der Waals surface area contributed by atoms with E-state index in [0.29, 0.717) is 11.7 Å². The number of hydrogen-bond acceptors (Lipinski definition) is 2. The van der Waals surface area contributed by atoms with Crippen LogP contribution in [-0.4, -0.2) is 24.5 Å². The zero-order valence-electron chi connectivity index (χ0n) is 10.6. The van der Waals surface area contributed by atoms with Crippen LogP contribution >= 0.6 is 15.9 Å². The van der Waals surface area contributed by atoms with Crippen molar-refractivity contribution >= 4 is 33.6 Å². The molecular weight excluding hydrogens is 310 g/mol. The number of benzene rings is 1. The number of carbonyl (C=O) groups excluding carboxylic acids is 2. The van der Waals surface area contributed by atoms with Crippen LogP contribution in [0.4, 0.5) is 10.5 Å². The SMILES string of the molecule is Cc1ccc(NC(=O)NCC(=O)NC2CC2)cc1Br. The number of rotatable bonds is 4. The highest BCUT2D eigenvalue weighted by molar-refractivity contribution is 9.10. The van der Waals surface area contributed by atoms with Crippen molar-refractivity contribution in [3.05, 3.63) is 28.2 Å². The second-order valence-electron chi connectivity index (χ2n) is 4.61. The van der Waals surface area contributed by atoms with E-state index in [2.05, 4.69) is 31.9 Å². The van der Waals surface area contributed by atoms with Gasteiger partial charge in [0.15, 0.2) is 0 Å². The average molecular weight is 326 g/mol. The molecule has 0 atom stereocenters. The Kier molecular flexibility index (Phi) is 4.42. The third kappa shape index (κ3) is 4.55. The summed E-state index contributed by atoms with van der Waals surface area (Å²) >= 11 is 3.40. The lowest BCUT2D eigenvalue weighted by atomic mass is 10.2. The first-order valence-electron chi connectivity index (χ1n) is 6.15. The maximum Gasteiger partial charge on any atom is 0.319 e. The fourth-order valence-corrected chi connectivity index (χ4v) is 1.89. The molecule has 0 bridgehead atoms. The van der Waals surface area contributed by atoms with Crippen molar-refractivity contribution in [1.29, 1.82) is 0 Å². The summed E-state index contributed by atoms with van der Waals surface area (Å²) in [5, 5.41) is 8.00. The molecule has 0 unspecified atom stereocenters. The molecular formula is C13H16BrN3O2. The predicted octanol–water partition coefficient (Wildman–Crippen LogP) is 2.16. The van der Waals surface area contributed by atoms with Crippen LogP contribution in [0.2, 0.25) is 0 Å². The zero-order valence-corrected chi connectivity index (χ0v) is 12.2. The maximum atomic E-state index is 11.6. The number of nitrogens with one attached hydrogen (secondary N) is 3. The molecule has 1 aliphatic carbocycles. The van der Waals surface area contributed by atoms with Crippen LogP contribution in [0, 0.1) is 6.92 Å². The maximum absolute atomic E-state index is 11.6. The molecule has 2 rings (SSSR count). The van der Waals surface area contributed by atoms with Gasteiger partial charge in [0.25, 0.3) is 0 Å². The van der Waals surface area contributed by atoms with Gasteiger partial charge in [0.05, 0.1) is 6.54 Å². The van der Waals surface area contributed by atoms with Crippen molar-refractivity contribution in [3.63, 3.8) is 0 Å². The number of urea groups is 1. The van der Waals surface area contributed by atoms with Gasteiger partial charge in [0.1, 0.15) is 0 Å². The minimum atomic E-state index is -0.387. The summed E-state index contributed by atoms with van der Waals surface area (Å²) in [6.45, 7) is 1.96. The van der Waals surface area contributed by atoms with Gasteiger partial charge in [-0.3, -0.25) is 4.79 Å². The minimum Gasteiger partial charge on any atom is -0.352 e. The Labute approximate surface area is 120 Å². The van der Waals surface area contributed by atoms with E-state index in [1.807, 2.05) is 25.1 Å². The number of halogens is 1. The lowest BCUT2D eigenvalue weighted by molar-refractivity contribution is -0.120. The summed E-state index contributed by atoms with van der Waals surface area (Å²) in [6, 6.07) is 5.45. The Morgan fingerprint density at radius 3 is 2.74 bits per heavy atom. The van der Waals surface area contributed by atoms with E-state index >= 15 is 0 Å². The lowest BCUT2D eigenvalue weighted by Gasteiger charge is -2.09. The predicted molar refractivity (Wildman–Crippen MR) is 77.1 cm³/mol. The Morgan fingerprint density at radius 1 is 1.37 bits per heavy atom. The van der Waals surface area contributed by atoms with Gasteiger partial charge < -0.3 is 16.0 Å². The van der Waals surface area contributed by atoms with Crippen molar-refractivity contribution in [1.82, 2.24) is 10.6 Å². The van der Waals surface area contributed by atoms with Crippen LogP contribution in [0.5, 0.6) is 0 Å². The van der Waals surface area contributed by atoms with Gasteiger partial charge in [-0.1, -0.05) is 22.0 Å². The number of aryl methyl sites for hydroxylation is 1. The highest BCUT2D eigenvalue weighted by atomic mass is 79.9. The van der Waals surface area contributed by atoms with Crippen LogP contribution in [0.1, 0.15) is 18.4 Å². The lowest BCUT2D eigenvalue weighted by Crippen LogP contribution is -2.39. The van der Waals surface area contributed by atoms with Crippen molar-refractivity contribution in [2.24, 2.45) is 0 Å². The second-order valence-corrected chi connectivity index (χ2v) is 5.47. The summed E-state index contributed by atoms with van der Waals surface area (Å²) in [5.74, 6) is -0.150. The van der Waals surface area contributed by atoms with Crippen LogP contribution < -0.4 is 16.0 Å². The molecule has 0 heterocycles. The fourth-order valence-electron chi connectivity index (χ4n) is 1.51. The van der Waals surface area contributed by atoms with Gasteiger partial charge in [0.2, 0.25) is 5.91 Å². The number of amides is 3. The monoisotopic (exact) mass is 325 g/mol. The van der Waals surface area contributed by atoms with Crippen molar-refractivity contribution < 1.29 is 9.59 Å². The Balaban J connectivity index is 1.76. The summed E-state index contributed by atoms with van der Waals surface area (Å²) < 4.78 is 0.928. The van der Waals surface area contributed by atoms with Gasteiger partial charge in [-0.15, -0.1) is 0 Å². The van der Waals surface area contributed by atoms with E-state index in [-0.39, 0.29) is 18.5 Å². The molecule has 1 aromatic carbocycles. The molecule has 1 aromatic rings. The molecule has 1 fully saturated rings. The molecule has 5 nitrogen and oxygen atoms in total. The molecule has 6 heteroatoms. The Morgan fingerprint density at radius 2 is 2.11 bits per heavy atom. The zero-order chi connectivity index (χ0) is 13.8. The van der Waals surface area contributed by atoms with Gasteiger partial charge >= 0.3 is 6.03 Å². The number of hydrogen-bond donors (Lipinski definition) is 3. The van der Waals surface area contributed by atoms with Gasteiger partial charge in [-0.2, -0.15) is 0 Å². The van der Waals surface area contributed by atoms with E-state index in [0.717, 1.165) is 22.9 Å². The molecule has 3 amide bonds. The minimum absolute atomic E-state index is 0.00460. The molecule has 0 saturated heterocycles. The Bertz CT molecular complexity index is 501. The van der Waals surface area contributed by atoms with Crippen LogP contribution in [0.3, 0.4) is 0 Å². The van der Waals surface area contributed by atoms with Gasteiger partial charge in [-0.05, 0) is 37.5 Å². The first kappa shape index (κ1) is 13.9. The fraction of sp³-hybridized carbons (Fsp3) is 0.385. The largest absolute Gasteiger partial charge is 0.352 e. The molecule has 3 N–H and O–H groups in total. The van der Waals surface area contributed by atoms with E-state index < -0.39 is 0 Å². The Hall–Kier alpha value is -1.56. The average Bonchev–Trinajstić information content (AvgIpc) is 3.15. The van der Waals surface area contributed by atoms with Crippen LogP contribution in [0.15, 0.2) is 22.7 Å². The normalized spacial score (nSPS) is 13.8. The summed E-state index contributed by atoms with van der Waals surface area (Å²) in [7, 11) is 0. The summed E-state index contributed by atoms with van der Waals surface area (Å²) in [6.07, 6.45) is 2.07. The van der Waals surface area contributed by atoms with Crippen LogP contribution in [0.25, 0.3) is 0 Å². The molecule has 0 radical (unpaired) electrons. The first-order chi connectivity index (χ1) is 9.04. The van der Waals surface area contributed by atoms with Gasteiger partial charge in [0, 0.05) is 16.2 Å².